The molecule has 0 heterocycles. The summed E-state index contributed by atoms with van der Waals surface area (Å²) in [6.07, 6.45) is -1.03. The van der Waals surface area contributed by atoms with Gasteiger partial charge in [0.15, 0.2) is 12.0 Å². The minimum atomic E-state index is -1.39. The van der Waals surface area contributed by atoms with Crippen LogP contribution >= 0.6 is 0 Å². The van der Waals surface area contributed by atoms with Crippen molar-refractivity contribution in [3.05, 3.63) is 65.7 Å². The molecule has 2 aromatic rings. The predicted octanol–water partition coefficient (Wildman–Crippen LogP) is 1.39. The van der Waals surface area contributed by atoms with Gasteiger partial charge in [-0.05, 0) is 30.7 Å². The highest BCUT2D eigenvalue weighted by Gasteiger charge is 2.33. The Hall–Kier alpha value is -4.08. The summed E-state index contributed by atoms with van der Waals surface area (Å²) in [6.45, 7) is 1.58. The average Bonchev–Trinajstić information content (AvgIpc) is 2.71. The van der Waals surface area contributed by atoms with Gasteiger partial charge in [0.2, 0.25) is 0 Å². The van der Waals surface area contributed by atoms with Gasteiger partial charge in [0.1, 0.15) is 0 Å². The molecule has 1 unspecified atom stereocenters. The van der Waals surface area contributed by atoms with E-state index in [9.17, 15) is 19.5 Å². The highest BCUT2D eigenvalue weighted by atomic mass is 16.6. The molecule has 0 saturated heterocycles. The number of aliphatic carboxylic acids is 1. The van der Waals surface area contributed by atoms with E-state index in [2.05, 4.69) is 10.4 Å². The van der Waals surface area contributed by atoms with Crippen molar-refractivity contribution in [3.8, 4) is 0 Å². The van der Waals surface area contributed by atoms with Crippen molar-refractivity contribution < 1.29 is 24.2 Å². The summed E-state index contributed by atoms with van der Waals surface area (Å²) in [5.41, 5.74) is 14.1. The topological polar surface area (TPSA) is 160 Å². The van der Waals surface area contributed by atoms with Crippen LogP contribution in [0.5, 0.6) is 0 Å². The van der Waals surface area contributed by atoms with Crippen molar-refractivity contribution in [2.75, 3.05) is 6.61 Å². The van der Waals surface area contributed by atoms with E-state index in [1.807, 2.05) is 0 Å². The molecule has 2 aromatic carbocycles. The number of ether oxygens (including phenoxy) is 1. The van der Waals surface area contributed by atoms with Gasteiger partial charge in [0.05, 0.1) is 12.3 Å². The zero-order chi connectivity index (χ0) is 22.1. The van der Waals surface area contributed by atoms with Crippen molar-refractivity contribution in [1.29, 1.82) is 0 Å². The largest absolute Gasteiger partial charge is 0.480 e. The number of carbonyl (C=O) groups excluding carboxylic acids is 2. The van der Waals surface area contributed by atoms with Crippen LogP contribution in [0.25, 0.3) is 0 Å². The number of carbonyl (C=O) groups is 3. The first-order valence-electron chi connectivity index (χ1n) is 9.05. The number of hydrogen-bond donors (Lipinski definition) is 4. The number of nitrogens with one attached hydrogen (secondary N) is 1. The molecule has 0 aliphatic carbocycles. The standard InChI is InChI=1S/C20H23N5O5/c1-2-30-20(29)25(16(18(27)28)11-13-7-4-3-5-8-13)24-17(26)14-9-6-10-15(12-14)23-19(21)22/h3-10,12,16H,2,11H2,1H3,(H,24,26)(H,27,28)(H4,21,22,23). The Bertz CT molecular complexity index is 928. The predicted molar refractivity (Wildman–Crippen MR) is 110 cm³/mol. The van der Waals surface area contributed by atoms with Crippen LogP contribution in [0.2, 0.25) is 0 Å². The summed E-state index contributed by atoms with van der Waals surface area (Å²) in [4.78, 5) is 40.9. The number of nitrogens with zero attached hydrogens (tertiary/aromatic N) is 2. The Morgan fingerprint density at radius 3 is 2.43 bits per heavy atom. The molecule has 0 bridgehead atoms. The summed E-state index contributed by atoms with van der Waals surface area (Å²) in [5, 5.41) is 10.4. The van der Waals surface area contributed by atoms with Crippen LogP contribution in [0.15, 0.2) is 59.6 Å². The van der Waals surface area contributed by atoms with Gasteiger partial charge < -0.3 is 21.3 Å². The van der Waals surface area contributed by atoms with Crippen LogP contribution in [-0.2, 0) is 16.0 Å². The van der Waals surface area contributed by atoms with Gasteiger partial charge in [-0.15, -0.1) is 0 Å². The molecule has 0 aromatic heterocycles. The van der Waals surface area contributed by atoms with Gasteiger partial charge >= 0.3 is 12.1 Å². The molecule has 0 aliphatic rings. The molecule has 2 amide bonds. The molecule has 0 fully saturated rings. The van der Waals surface area contributed by atoms with E-state index in [1.54, 1.807) is 49.4 Å². The van der Waals surface area contributed by atoms with Crippen molar-refractivity contribution in [1.82, 2.24) is 10.4 Å². The fourth-order valence-electron chi connectivity index (χ4n) is 2.61. The van der Waals surface area contributed by atoms with E-state index in [0.717, 1.165) is 0 Å². The van der Waals surface area contributed by atoms with Crippen molar-refractivity contribution in [3.63, 3.8) is 0 Å². The molecule has 0 saturated carbocycles. The molecule has 0 aliphatic heterocycles. The number of hydrazine groups is 1. The monoisotopic (exact) mass is 413 g/mol. The molecule has 10 heteroatoms. The minimum Gasteiger partial charge on any atom is -0.480 e. The highest BCUT2D eigenvalue weighted by Crippen LogP contribution is 2.15. The van der Waals surface area contributed by atoms with Crippen molar-refractivity contribution in [2.45, 2.75) is 19.4 Å². The second-order valence-electron chi connectivity index (χ2n) is 6.14. The van der Waals surface area contributed by atoms with Crippen LogP contribution in [0.4, 0.5) is 10.5 Å². The summed E-state index contributed by atoms with van der Waals surface area (Å²) in [7, 11) is 0. The zero-order valence-electron chi connectivity index (χ0n) is 16.3. The Morgan fingerprint density at radius 1 is 1.13 bits per heavy atom. The number of hydrogen-bond acceptors (Lipinski definition) is 5. The normalized spacial score (nSPS) is 11.1. The molecule has 1 atom stereocenters. The Morgan fingerprint density at radius 2 is 1.83 bits per heavy atom. The SMILES string of the molecule is CCOC(=O)N(NC(=O)c1cccc(N=C(N)N)c1)C(Cc1ccccc1)C(=O)O. The lowest BCUT2D eigenvalue weighted by Crippen LogP contribution is -2.55. The van der Waals surface area contributed by atoms with E-state index < -0.39 is 24.0 Å². The molecule has 6 N–H and O–H groups in total. The average molecular weight is 413 g/mol. The van der Waals surface area contributed by atoms with Crippen molar-refractivity contribution in [2.24, 2.45) is 16.5 Å². The summed E-state index contributed by atoms with van der Waals surface area (Å²) in [6, 6.07) is 13.3. The van der Waals surface area contributed by atoms with E-state index in [-0.39, 0.29) is 24.6 Å². The van der Waals surface area contributed by atoms with E-state index in [0.29, 0.717) is 16.3 Å². The van der Waals surface area contributed by atoms with Crippen LogP contribution in [0, 0.1) is 0 Å². The Labute approximate surface area is 173 Å². The van der Waals surface area contributed by atoms with E-state index >= 15 is 0 Å². The second kappa shape index (κ2) is 10.5. The molecular weight excluding hydrogens is 390 g/mol. The van der Waals surface area contributed by atoms with Gasteiger partial charge in [-0.2, -0.15) is 0 Å². The number of carboxylic acids is 1. The van der Waals surface area contributed by atoms with Gasteiger partial charge in [0.25, 0.3) is 5.91 Å². The third-order valence-corrected chi connectivity index (χ3v) is 3.92. The smallest absolute Gasteiger partial charge is 0.429 e. The molecule has 30 heavy (non-hydrogen) atoms. The lowest BCUT2D eigenvalue weighted by Gasteiger charge is -2.28. The third kappa shape index (κ3) is 6.23. The third-order valence-electron chi connectivity index (χ3n) is 3.92. The number of rotatable bonds is 7. The van der Waals surface area contributed by atoms with Crippen LogP contribution < -0.4 is 16.9 Å². The number of carboxylic acid groups (broad SMARTS) is 1. The maximum atomic E-state index is 12.7. The van der Waals surface area contributed by atoms with Gasteiger partial charge in [-0.3, -0.25) is 10.2 Å². The number of benzene rings is 2. The maximum absolute atomic E-state index is 12.7. The van der Waals surface area contributed by atoms with E-state index in [1.165, 1.54) is 12.1 Å². The number of guanidine groups is 1. The molecular formula is C20H23N5O5. The fourth-order valence-corrected chi connectivity index (χ4v) is 2.61. The first-order chi connectivity index (χ1) is 14.3. The second-order valence-corrected chi connectivity index (χ2v) is 6.14. The number of aliphatic imine (C=N–C) groups is 1. The Kier molecular flexibility index (Phi) is 7.74. The quantitative estimate of drug-likeness (QED) is 0.303. The van der Waals surface area contributed by atoms with Crippen LogP contribution in [-0.4, -0.2) is 46.7 Å². The summed E-state index contributed by atoms with van der Waals surface area (Å²) < 4.78 is 4.94. The van der Waals surface area contributed by atoms with Gasteiger partial charge in [0, 0.05) is 12.0 Å². The molecule has 0 radical (unpaired) electrons. The van der Waals surface area contributed by atoms with Crippen LogP contribution in [0.3, 0.4) is 0 Å². The summed E-state index contributed by atoms with van der Waals surface area (Å²) >= 11 is 0. The van der Waals surface area contributed by atoms with Gasteiger partial charge in [-0.25, -0.2) is 19.6 Å². The molecule has 10 nitrogen and oxygen atoms in total. The Balaban J connectivity index is 2.31. The zero-order valence-corrected chi connectivity index (χ0v) is 16.3. The maximum Gasteiger partial charge on any atom is 0.429 e. The highest BCUT2D eigenvalue weighted by molar-refractivity contribution is 5.96. The van der Waals surface area contributed by atoms with Gasteiger partial charge in [-0.1, -0.05) is 36.4 Å². The first-order valence-corrected chi connectivity index (χ1v) is 9.05. The summed E-state index contributed by atoms with van der Waals surface area (Å²) in [5.74, 6) is -2.22. The first kappa shape index (κ1) is 22.2. The minimum absolute atomic E-state index is 0.00283. The fraction of sp³-hybridized carbons (Fsp3) is 0.200. The van der Waals surface area contributed by atoms with Crippen LogP contribution in [0.1, 0.15) is 22.8 Å². The number of amides is 2. The number of nitrogens with two attached hydrogens (primary N) is 2. The molecule has 0 spiro atoms. The molecule has 2 rings (SSSR count). The van der Waals surface area contributed by atoms with Crippen molar-refractivity contribution >= 4 is 29.6 Å². The van der Waals surface area contributed by atoms with E-state index in [4.69, 9.17) is 16.2 Å². The lowest BCUT2D eigenvalue weighted by atomic mass is 10.1. The molecule has 158 valence electrons. The lowest BCUT2D eigenvalue weighted by molar-refractivity contribution is -0.143.